The van der Waals surface area contributed by atoms with Crippen LogP contribution in [0.25, 0.3) is 11.0 Å². The van der Waals surface area contributed by atoms with Crippen molar-refractivity contribution >= 4 is 27.6 Å². The highest BCUT2D eigenvalue weighted by Gasteiger charge is 2.28. The molecule has 102 valence electrons. The number of benzene rings is 1. The van der Waals surface area contributed by atoms with Gasteiger partial charge in [0.1, 0.15) is 17.2 Å². The van der Waals surface area contributed by atoms with Crippen LogP contribution in [0.4, 0.5) is 5.13 Å². The molecule has 0 unspecified atom stereocenters. The van der Waals surface area contributed by atoms with E-state index in [0.29, 0.717) is 5.92 Å². The number of hydrogen-bond acceptors (Lipinski definition) is 5. The lowest BCUT2D eigenvalue weighted by Crippen LogP contribution is -2.05. The van der Waals surface area contributed by atoms with Gasteiger partial charge in [-0.15, -0.1) is 0 Å². The minimum absolute atomic E-state index is 0.0856. The van der Waals surface area contributed by atoms with Crippen LogP contribution in [0.15, 0.2) is 34.7 Å². The third-order valence-electron chi connectivity index (χ3n) is 3.60. The van der Waals surface area contributed by atoms with E-state index in [9.17, 15) is 0 Å². The zero-order valence-corrected chi connectivity index (χ0v) is 12.0. The van der Waals surface area contributed by atoms with E-state index in [1.165, 1.54) is 24.4 Å². The van der Waals surface area contributed by atoms with Crippen LogP contribution in [-0.2, 0) is 0 Å². The minimum Gasteiger partial charge on any atom is -0.459 e. The van der Waals surface area contributed by atoms with Gasteiger partial charge in [-0.05, 0) is 31.9 Å². The summed E-state index contributed by atoms with van der Waals surface area (Å²) in [5.74, 6) is 2.52. The van der Waals surface area contributed by atoms with Gasteiger partial charge in [0.25, 0.3) is 0 Å². The highest BCUT2D eigenvalue weighted by Crippen LogP contribution is 2.39. The summed E-state index contributed by atoms with van der Waals surface area (Å²) in [4.78, 5) is 4.55. The molecule has 1 fully saturated rings. The average molecular weight is 285 g/mol. The molecule has 2 aromatic heterocycles. The number of anilines is 1. The molecule has 5 heteroatoms. The van der Waals surface area contributed by atoms with Crippen LogP contribution < -0.4 is 5.32 Å². The molecule has 4 rings (SSSR count). The highest BCUT2D eigenvalue weighted by atomic mass is 32.1. The van der Waals surface area contributed by atoms with Crippen molar-refractivity contribution < 1.29 is 4.42 Å². The first-order valence-corrected chi connectivity index (χ1v) is 7.65. The number of nitrogens with one attached hydrogen (secondary N) is 1. The molecule has 0 aliphatic heterocycles. The van der Waals surface area contributed by atoms with Gasteiger partial charge >= 0.3 is 0 Å². The minimum atomic E-state index is 0.0856. The van der Waals surface area contributed by atoms with Crippen molar-refractivity contribution in [1.29, 1.82) is 0 Å². The van der Waals surface area contributed by atoms with Crippen molar-refractivity contribution in [2.24, 2.45) is 0 Å². The second-order valence-corrected chi connectivity index (χ2v) is 6.04. The second-order valence-electron chi connectivity index (χ2n) is 5.28. The maximum absolute atomic E-state index is 5.86. The van der Waals surface area contributed by atoms with E-state index < -0.39 is 0 Å². The van der Waals surface area contributed by atoms with Gasteiger partial charge in [0.15, 0.2) is 0 Å². The molecule has 20 heavy (non-hydrogen) atoms. The topological polar surface area (TPSA) is 51.0 Å². The summed E-state index contributed by atoms with van der Waals surface area (Å²) in [6, 6.07) is 10.2. The van der Waals surface area contributed by atoms with Gasteiger partial charge < -0.3 is 9.73 Å². The van der Waals surface area contributed by atoms with E-state index in [-0.39, 0.29) is 6.04 Å². The van der Waals surface area contributed by atoms with E-state index in [0.717, 1.165) is 27.7 Å². The molecule has 4 nitrogen and oxygen atoms in total. The first kappa shape index (κ1) is 11.9. The van der Waals surface area contributed by atoms with Crippen molar-refractivity contribution in [3.8, 4) is 0 Å². The van der Waals surface area contributed by atoms with Crippen LogP contribution in [0.3, 0.4) is 0 Å². The Morgan fingerprint density at radius 3 is 3.00 bits per heavy atom. The first-order chi connectivity index (χ1) is 9.79. The number of para-hydroxylation sites is 1. The Kier molecular flexibility index (Phi) is 2.73. The molecule has 1 N–H and O–H groups in total. The Morgan fingerprint density at radius 2 is 2.20 bits per heavy atom. The monoisotopic (exact) mass is 285 g/mol. The smallest absolute Gasteiger partial charge is 0.203 e. The van der Waals surface area contributed by atoms with Gasteiger partial charge in [0.2, 0.25) is 5.13 Å². The molecule has 1 aliphatic rings. The van der Waals surface area contributed by atoms with Crippen LogP contribution in [0, 0.1) is 0 Å². The van der Waals surface area contributed by atoms with Gasteiger partial charge in [0, 0.05) is 22.8 Å². The summed E-state index contributed by atoms with van der Waals surface area (Å²) in [7, 11) is 0. The predicted molar refractivity (Wildman–Crippen MR) is 80.1 cm³/mol. The number of fused-ring (bicyclic) bond motifs is 1. The molecular weight excluding hydrogens is 270 g/mol. The normalized spacial score (nSPS) is 16.4. The number of rotatable bonds is 4. The summed E-state index contributed by atoms with van der Waals surface area (Å²) >= 11 is 1.43. The van der Waals surface area contributed by atoms with E-state index in [2.05, 4.69) is 33.7 Å². The predicted octanol–water partition coefficient (Wildman–Crippen LogP) is 4.33. The summed E-state index contributed by atoms with van der Waals surface area (Å²) in [6.07, 6.45) is 2.46. The molecule has 1 aliphatic carbocycles. The van der Waals surface area contributed by atoms with Gasteiger partial charge in [-0.1, -0.05) is 18.2 Å². The quantitative estimate of drug-likeness (QED) is 0.775. The number of aromatic nitrogens is 2. The standard InChI is InChI=1S/C15H15N3OS/c1-9(13-8-11-4-2-3-5-12(11)19-13)16-15-17-14(18-20-15)10-6-7-10/h2-5,8-10H,6-7H2,1H3,(H,16,17,18)/t9-/m1/s1. The largest absolute Gasteiger partial charge is 0.459 e. The fourth-order valence-electron chi connectivity index (χ4n) is 2.27. The number of hydrogen-bond donors (Lipinski definition) is 1. The van der Waals surface area contributed by atoms with Crippen LogP contribution >= 0.6 is 11.5 Å². The molecule has 0 amide bonds. The van der Waals surface area contributed by atoms with E-state index in [4.69, 9.17) is 4.42 Å². The zero-order chi connectivity index (χ0) is 13.5. The van der Waals surface area contributed by atoms with Crippen molar-refractivity contribution in [1.82, 2.24) is 9.36 Å². The van der Waals surface area contributed by atoms with Crippen molar-refractivity contribution in [3.05, 3.63) is 41.9 Å². The Morgan fingerprint density at radius 1 is 1.35 bits per heavy atom. The van der Waals surface area contributed by atoms with Crippen LogP contribution in [0.2, 0.25) is 0 Å². The van der Waals surface area contributed by atoms with Crippen molar-refractivity contribution in [3.63, 3.8) is 0 Å². The fourth-order valence-corrected chi connectivity index (χ4v) is 3.01. The second kappa shape index (κ2) is 4.59. The molecule has 2 heterocycles. The molecule has 1 atom stereocenters. The van der Waals surface area contributed by atoms with Crippen LogP contribution in [0.5, 0.6) is 0 Å². The molecule has 0 saturated heterocycles. The first-order valence-electron chi connectivity index (χ1n) is 6.88. The maximum Gasteiger partial charge on any atom is 0.203 e. The molecule has 0 bridgehead atoms. The number of nitrogens with zero attached hydrogens (tertiary/aromatic N) is 2. The van der Waals surface area contributed by atoms with E-state index in [1.807, 2.05) is 18.2 Å². The molecule has 0 spiro atoms. The summed E-state index contributed by atoms with van der Waals surface area (Å²) < 4.78 is 10.3. The molecule has 1 aromatic carbocycles. The third kappa shape index (κ3) is 2.18. The molecule has 0 radical (unpaired) electrons. The lowest BCUT2D eigenvalue weighted by atomic mass is 10.2. The van der Waals surface area contributed by atoms with Crippen molar-refractivity contribution in [2.75, 3.05) is 5.32 Å². The van der Waals surface area contributed by atoms with E-state index in [1.54, 1.807) is 0 Å². The van der Waals surface area contributed by atoms with Crippen LogP contribution in [0.1, 0.15) is 43.3 Å². The lowest BCUT2D eigenvalue weighted by molar-refractivity contribution is 0.526. The lowest BCUT2D eigenvalue weighted by Gasteiger charge is -2.08. The summed E-state index contributed by atoms with van der Waals surface area (Å²) in [5.41, 5.74) is 0.923. The Bertz CT molecular complexity index is 711. The Balaban J connectivity index is 1.54. The van der Waals surface area contributed by atoms with Crippen LogP contribution in [-0.4, -0.2) is 9.36 Å². The van der Waals surface area contributed by atoms with E-state index >= 15 is 0 Å². The molecular formula is C15H15N3OS. The van der Waals surface area contributed by atoms with Gasteiger partial charge in [0.05, 0.1) is 6.04 Å². The Hall–Kier alpha value is -1.88. The maximum atomic E-state index is 5.86. The van der Waals surface area contributed by atoms with Gasteiger partial charge in [-0.2, -0.15) is 4.37 Å². The SMILES string of the molecule is C[C@@H](Nc1nc(C2CC2)ns1)c1cc2ccccc2o1. The summed E-state index contributed by atoms with van der Waals surface area (Å²) in [5, 5.41) is 5.38. The fraction of sp³-hybridized carbons (Fsp3) is 0.333. The molecule has 1 saturated carbocycles. The van der Waals surface area contributed by atoms with Gasteiger partial charge in [-0.3, -0.25) is 0 Å². The Labute approximate surface area is 121 Å². The third-order valence-corrected chi connectivity index (χ3v) is 4.26. The summed E-state index contributed by atoms with van der Waals surface area (Å²) in [6.45, 7) is 2.08. The molecule has 3 aromatic rings. The average Bonchev–Trinajstić information content (AvgIpc) is 3.04. The number of furan rings is 1. The van der Waals surface area contributed by atoms with Gasteiger partial charge in [-0.25, -0.2) is 4.98 Å². The zero-order valence-electron chi connectivity index (χ0n) is 11.2. The highest BCUT2D eigenvalue weighted by molar-refractivity contribution is 7.09. The van der Waals surface area contributed by atoms with Crippen molar-refractivity contribution in [2.45, 2.75) is 31.7 Å².